The van der Waals surface area contributed by atoms with Crippen LogP contribution in [0, 0.1) is 29.5 Å². The van der Waals surface area contributed by atoms with Crippen molar-refractivity contribution in [2.45, 2.75) is 6.42 Å². The van der Waals surface area contributed by atoms with Crippen molar-refractivity contribution in [2.24, 2.45) is 23.7 Å². The lowest BCUT2D eigenvalue weighted by Gasteiger charge is -2.17. The minimum absolute atomic E-state index is 0.0186. The average molecular weight is 301 g/mol. The molecule has 4 rings (SSSR count). The van der Waals surface area contributed by atoms with E-state index in [-0.39, 0.29) is 46.8 Å². The van der Waals surface area contributed by atoms with Crippen molar-refractivity contribution in [1.82, 2.24) is 5.06 Å². The summed E-state index contributed by atoms with van der Waals surface area (Å²) in [6.07, 6.45) is 5.19. The number of hydrogen-bond donors (Lipinski definition) is 0. The zero-order chi connectivity index (χ0) is 15.4. The second-order valence-corrected chi connectivity index (χ2v) is 5.86. The van der Waals surface area contributed by atoms with Crippen molar-refractivity contribution in [3.63, 3.8) is 0 Å². The number of carbonyl (C=O) groups is 3. The molecule has 112 valence electrons. The van der Waals surface area contributed by atoms with Gasteiger partial charge < -0.3 is 4.84 Å². The summed E-state index contributed by atoms with van der Waals surface area (Å²) >= 11 is 0. The van der Waals surface area contributed by atoms with Crippen molar-refractivity contribution in [3.05, 3.63) is 41.7 Å². The van der Waals surface area contributed by atoms with Crippen molar-refractivity contribution in [2.75, 3.05) is 0 Å². The zero-order valence-electron chi connectivity index (χ0n) is 11.4. The molecule has 2 bridgehead atoms. The van der Waals surface area contributed by atoms with Crippen LogP contribution in [-0.4, -0.2) is 23.2 Å². The monoisotopic (exact) mass is 301 g/mol. The Kier molecular flexibility index (Phi) is 2.69. The number of nitrogens with zero attached hydrogens (tertiary/aromatic N) is 1. The largest absolute Gasteiger partial charge is 0.369 e. The van der Waals surface area contributed by atoms with E-state index >= 15 is 0 Å². The Morgan fingerprint density at radius 3 is 2.32 bits per heavy atom. The van der Waals surface area contributed by atoms with E-state index in [1.165, 1.54) is 12.1 Å². The molecule has 0 spiro atoms. The second-order valence-electron chi connectivity index (χ2n) is 5.86. The van der Waals surface area contributed by atoms with Gasteiger partial charge >= 0.3 is 0 Å². The number of imide groups is 1. The van der Waals surface area contributed by atoms with Crippen LogP contribution in [0.15, 0.2) is 30.4 Å². The van der Waals surface area contributed by atoms with Crippen molar-refractivity contribution in [1.29, 1.82) is 0 Å². The van der Waals surface area contributed by atoms with Gasteiger partial charge in [-0.3, -0.25) is 14.4 Å². The Morgan fingerprint density at radius 1 is 1.14 bits per heavy atom. The molecule has 1 saturated carbocycles. The van der Waals surface area contributed by atoms with E-state index in [1.807, 2.05) is 12.2 Å². The van der Waals surface area contributed by atoms with E-state index in [2.05, 4.69) is 0 Å². The molecule has 22 heavy (non-hydrogen) atoms. The molecule has 1 heterocycles. The summed E-state index contributed by atoms with van der Waals surface area (Å²) in [6.45, 7) is 0. The Labute approximate surface area is 125 Å². The molecular formula is C16H12FNO4. The highest BCUT2D eigenvalue weighted by atomic mass is 19.1. The third kappa shape index (κ3) is 1.66. The van der Waals surface area contributed by atoms with Gasteiger partial charge in [0.1, 0.15) is 5.82 Å². The first-order chi connectivity index (χ1) is 10.6. The molecule has 0 radical (unpaired) electrons. The van der Waals surface area contributed by atoms with Gasteiger partial charge in [-0.1, -0.05) is 12.2 Å². The molecule has 2 fully saturated rings. The number of carbonyl (C=O) groups excluding carboxylic acids is 3. The van der Waals surface area contributed by atoms with E-state index in [0.29, 0.717) is 6.29 Å². The highest BCUT2D eigenvalue weighted by Gasteiger charge is 2.60. The first kappa shape index (κ1) is 13.2. The highest BCUT2D eigenvalue weighted by Crippen LogP contribution is 2.52. The fourth-order valence-electron chi connectivity index (χ4n) is 3.73. The third-order valence-corrected chi connectivity index (χ3v) is 4.73. The summed E-state index contributed by atoms with van der Waals surface area (Å²) < 4.78 is 13.6. The van der Waals surface area contributed by atoms with Gasteiger partial charge in [0, 0.05) is 6.07 Å². The molecule has 6 heteroatoms. The summed E-state index contributed by atoms with van der Waals surface area (Å²) in [4.78, 5) is 40.7. The molecule has 2 aliphatic carbocycles. The van der Waals surface area contributed by atoms with Gasteiger partial charge in [-0.05, 0) is 30.4 Å². The number of rotatable bonds is 3. The minimum atomic E-state index is -0.756. The molecule has 0 unspecified atom stereocenters. The smallest absolute Gasteiger partial charge is 0.267 e. The maximum Gasteiger partial charge on any atom is 0.267 e. The van der Waals surface area contributed by atoms with Gasteiger partial charge in [0.15, 0.2) is 12.0 Å². The topological polar surface area (TPSA) is 63.7 Å². The third-order valence-electron chi connectivity index (χ3n) is 4.73. The lowest BCUT2D eigenvalue weighted by molar-refractivity contribution is -0.167. The van der Waals surface area contributed by atoms with Crippen LogP contribution in [0.1, 0.15) is 16.8 Å². The van der Waals surface area contributed by atoms with Gasteiger partial charge in [-0.2, -0.15) is 0 Å². The molecule has 2 amide bonds. The fourth-order valence-corrected chi connectivity index (χ4v) is 3.73. The van der Waals surface area contributed by atoms with Crippen LogP contribution >= 0.6 is 0 Å². The molecule has 1 aliphatic heterocycles. The number of amides is 2. The summed E-state index contributed by atoms with van der Waals surface area (Å²) in [5.41, 5.74) is -0.106. The Hall–Kier alpha value is -2.50. The molecule has 1 aromatic rings. The highest BCUT2D eigenvalue weighted by molar-refractivity contribution is 6.05. The second kappa shape index (κ2) is 4.50. The maximum absolute atomic E-state index is 13.6. The van der Waals surface area contributed by atoms with Gasteiger partial charge in [-0.25, -0.2) is 4.39 Å². The molecule has 0 N–H and O–H groups in total. The summed E-state index contributed by atoms with van der Waals surface area (Å²) in [6, 6.07) is 3.59. The standard InChI is InChI=1S/C16H12FNO4/c17-12-6-11(4-3-10(12)7-19)22-18-15(20)13-8-1-2-9(5-8)14(13)16(18)21/h1-4,6-9,13-14H,5H2/t8-,9+,13-,14+. The molecule has 0 aromatic heterocycles. The summed E-state index contributed by atoms with van der Waals surface area (Å²) in [5.74, 6) is -2.01. The molecule has 3 aliphatic rings. The molecule has 1 saturated heterocycles. The van der Waals surface area contributed by atoms with E-state index < -0.39 is 5.82 Å². The predicted octanol–water partition coefficient (Wildman–Crippen LogP) is 1.74. The first-order valence-electron chi connectivity index (χ1n) is 7.09. The quantitative estimate of drug-likeness (QED) is 0.484. The van der Waals surface area contributed by atoms with Gasteiger partial charge in [0.2, 0.25) is 0 Å². The average Bonchev–Trinajstić information content (AvgIpc) is 3.17. The van der Waals surface area contributed by atoms with Gasteiger partial charge in [-0.15, -0.1) is 5.06 Å². The molecule has 5 nitrogen and oxygen atoms in total. The molecule has 4 atom stereocenters. The van der Waals surface area contributed by atoms with Crippen molar-refractivity contribution >= 4 is 18.1 Å². The lowest BCUT2D eigenvalue weighted by Crippen LogP contribution is -2.36. The van der Waals surface area contributed by atoms with Gasteiger partial charge in [0.25, 0.3) is 11.8 Å². The van der Waals surface area contributed by atoms with E-state index in [9.17, 15) is 18.8 Å². The normalized spacial score (nSPS) is 31.8. The van der Waals surface area contributed by atoms with E-state index in [4.69, 9.17) is 4.84 Å². The number of hydrogen-bond acceptors (Lipinski definition) is 4. The first-order valence-corrected chi connectivity index (χ1v) is 7.09. The van der Waals surface area contributed by atoms with Crippen LogP contribution in [0.2, 0.25) is 0 Å². The van der Waals surface area contributed by atoms with Crippen LogP contribution in [0.4, 0.5) is 4.39 Å². The molecule has 1 aromatic carbocycles. The summed E-state index contributed by atoms with van der Waals surface area (Å²) in [7, 11) is 0. The number of fused-ring (bicyclic) bond motifs is 5. The zero-order valence-corrected chi connectivity index (χ0v) is 11.4. The number of hydroxylamine groups is 2. The fraction of sp³-hybridized carbons (Fsp3) is 0.312. The van der Waals surface area contributed by atoms with Crippen LogP contribution in [0.25, 0.3) is 0 Å². The van der Waals surface area contributed by atoms with E-state index in [1.54, 1.807) is 0 Å². The maximum atomic E-state index is 13.6. The van der Waals surface area contributed by atoms with Crippen LogP contribution in [0.3, 0.4) is 0 Å². The SMILES string of the molecule is O=Cc1ccc(ON2C(=O)[C@@H]3[C@H](C2=O)[C@@H]2C=C[C@H]3C2)cc1F. The number of aldehydes is 1. The summed E-state index contributed by atoms with van der Waals surface area (Å²) in [5, 5.41) is 0.747. The van der Waals surface area contributed by atoms with Crippen molar-refractivity contribution < 1.29 is 23.6 Å². The van der Waals surface area contributed by atoms with Crippen LogP contribution < -0.4 is 4.84 Å². The predicted molar refractivity (Wildman–Crippen MR) is 72.0 cm³/mol. The van der Waals surface area contributed by atoms with Gasteiger partial charge in [0.05, 0.1) is 17.4 Å². The van der Waals surface area contributed by atoms with E-state index in [0.717, 1.165) is 17.6 Å². The Morgan fingerprint density at radius 2 is 1.77 bits per heavy atom. The molecular weight excluding hydrogens is 289 g/mol. The minimum Gasteiger partial charge on any atom is -0.369 e. The van der Waals surface area contributed by atoms with Crippen molar-refractivity contribution in [3.8, 4) is 5.75 Å². The Balaban J connectivity index is 1.59. The Bertz CT molecular complexity index is 699. The number of benzene rings is 1. The number of allylic oxidation sites excluding steroid dienone is 2. The van der Waals surface area contributed by atoms with Crippen LogP contribution in [0.5, 0.6) is 5.75 Å². The number of halogens is 1. The lowest BCUT2D eigenvalue weighted by atomic mass is 9.85. The van der Waals surface area contributed by atoms with Crippen LogP contribution in [-0.2, 0) is 9.59 Å².